The number of pyridine rings is 1. The Kier molecular flexibility index (Phi) is 1.14. The molecule has 0 saturated heterocycles. The highest BCUT2D eigenvalue weighted by Crippen LogP contribution is 2.12. The predicted octanol–water partition coefficient (Wildman–Crippen LogP) is 1.28. The van der Waals surface area contributed by atoms with Crippen molar-refractivity contribution in [2.24, 2.45) is 0 Å². The van der Waals surface area contributed by atoms with Crippen LogP contribution in [0.25, 0.3) is 16.7 Å². The minimum absolute atomic E-state index is 0.843. The maximum absolute atomic E-state index is 4.24. The highest BCUT2D eigenvalue weighted by atomic mass is 15.0. The van der Waals surface area contributed by atoms with Crippen LogP contribution in [0.1, 0.15) is 0 Å². The molecule has 0 aliphatic carbocycles. The second kappa shape index (κ2) is 2.26. The molecule has 0 aliphatic heterocycles. The van der Waals surface area contributed by atoms with Gasteiger partial charge in [0.25, 0.3) is 0 Å². The maximum atomic E-state index is 4.24. The molecule has 0 radical (unpaired) electrons. The quantitative estimate of drug-likeness (QED) is 0.510. The van der Waals surface area contributed by atoms with E-state index in [2.05, 4.69) is 15.0 Å². The molecule has 0 atom stereocenters. The average Bonchev–Trinajstić information content (AvgIpc) is 2.65. The van der Waals surface area contributed by atoms with Crippen molar-refractivity contribution in [3.63, 3.8) is 0 Å². The molecule has 0 saturated carbocycles. The monoisotopic (exact) mass is 170 g/mol. The lowest BCUT2D eigenvalue weighted by atomic mass is 10.3. The second-order valence-corrected chi connectivity index (χ2v) is 2.77. The lowest BCUT2D eigenvalue weighted by Crippen LogP contribution is -1.90. The standard InChI is InChI=1S/C9H6N4/c1-2-7-8(10-3-1)9-11-4-5-13(9)6-12-7/h1-6H. The Balaban J connectivity index is 2.65. The van der Waals surface area contributed by atoms with Gasteiger partial charge >= 0.3 is 0 Å². The molecular weight excluding hydrogens is 164 g/mol. The molecule has 0 spiro atoms. The Labute approximate surface area is 73.9 Å². The molecule has 0 aromatic carbocycles. The van der Waals surface area contributed by atoms with Gasteiger partial charge in [-0.2, -0.15) is 0 Å². The van der Waals surface area contributed by atoms with E-state index in [0.717, 1.165) is 16.7 Å². The number of imidazole rings is 1. The predicted molar refractivity (Wildman–Crippen MR) is 48.3 cm³/mol. The lowest BCUT2D eigenvalue weighted by molar-refractivity contribution is 1.11. The first kappa shape index (κ1) is 6.54. The van der Waals surface area contributed by atoms with Gasteiger partial charge in [-0.25, -0.2) is 9.97 Å². The number of rotatable bonds is 0. The zero-order valence-electron chi connectivity index (χ0n) is 6.75. The molecule has 3 aromatic rings. The van der Waals surface area contributed by atoms with Gasteiger partial charge in [0.05, 0.1) is 5.52 Å². The smallest absolute Gasteiger partial charge is 0.166 e. The number of hydrogen-bond donors (Lipinski definition) is 0. The van der Waals surface area contributed by atoms with E-state index >= 15 is 0 Å². The van der Waals surface area contributed by atoms with Gasteiger partial charge in [-0.05, 0) is 12.1 Å². The van der Waals surface area contributed by atoms with Crippen LogP contribution in [0.15, 0.2) is 37.1 Å². The van der Waals surface area contributed by atoms with Crippen molar-refractivity contribution < 1.29 is 0 Å². The van der Waals surface area contributed by atoms with Gasteiger partial charge in [-0.1, -0.05) is 0 Å². The molecule has 3 rings (SSSR count). The SMILES string of the molecule is c1cnc2c(c1)ncn1ccnc21. The first-order valence-corrected chi connectivity index (χ1v) is 3.97. The molecule has 0 amide bonds. The number of nitrogens with zero attached hydrogens (tertiary/aromatic N) is 4. The fourth-order valence-electron chi connectivity index (χ4n) is 1.39. The third-order valence-electron chi connectivity index (χ3n) is 1.99. The number of hydrogen-bond acceptors (Lipinski definition) is 3. The van der Waals surface area contributed by atoms with Crippen molar-refractivity contribution in [2.75, 3.05) is 0 Å². The number of fused-ring (bicyclic) bond motifs is 3. The minimum Gasteiger partial charge on any atom is -0.289 e. The zero-order chi connectivity index (χ0) is 8.67. The normalized spacial score (nSPS) is 11.1. The van der Waals surface area contributed by atoms with Gasteiger partial charge in [0.2, 0.25) is 0 Å². The zero-order valence-corrected chi connectivity index (χ0v) is 6.75. The van der Waals surface area contributed by atoms with E-state index in [1.54, 1.807) is 18.7 Å². The van der Waals surface area contributed by atoms with Crippen molar-refractivity contribution in [2.45, 2.75) is 0 Å². The number of aromatic nitrogens is 4. The summed E-state index contributed by atoms with van der Waals surface area (Å²) in [5.41, 5.74) is 2.57. The van der Waals surface area contributed by atoms with Gasteiger partial charge < -0.3 is 0 Å². The van der Waals surface area contributed by atoms with Gasteiger partial charge in [0, 0.05) is 18.6 Å². The molecule has 0 unspecified atom stereocenters. The molecule has 3 aromatic heterocycles. The Bertz CT molecular complexity index is 570. The van der Waals surface area contributed by atoms with E-state index in [-0.39, 0.29) is 0 Å². The highest BCUT2D eigenvalue weighted by Gasteiger charge is 2.01. The van der Waals surface area contributed by atoms with Crippen LogP contribution in [0.2, 0.25) is 0 Å². The second-order valence-electron chi connectivity index (χ2n) is 2.77. The van der Waals surface area contributed by atoms with Crippen LogP contribution < -0.4 is 0 Å². The van der Waals surface area contributed by atoms with Crippen molar-refractivity contribution >= 4 is 16.7 Å². The summed E-state index contributed by atoms with van der Waals surface area (Å²) < 4.78 is 1.86. The summed E-state index contributed by atoms with van der Waals surface area (Å²) in [4.78, 5) is 12.7. The van der Waals surface area contributed by atoms with Gasteiger partial charge in [-0.3, -0.25) is 9.38 Å². The van der Waals surface area contributed by atoms with E-state index in [1.165, 1.54) is 0 Å². The van der Waals surface area contributed by atoms with Crippen LogP contribution in [0.5, 0.6) is 0 Å². The van der Waals surface area contributed by atoms with Crippen LogP contribution in [-0.2, 0) is 0 Å². The fraction of sp³-hybridized carbons (Fsp3) is 0. The average molecular weight is 170 g/mol. The molecule has 62 valence electrons. The van der Waals surface area contributed by atoms with Crippen molar-refractivity contribution in [1.29, 1.82) is 0 Å². The van der Waals surface area contributed by atoms with E-state index < -0.39 is 0 Å². The third-order valence-corrected chi connectivity index (χ3v) is 1.99. The Hall–Kier alpha value is -1.97. The third kappa shape index (κ3) is 0.823. The Morgan fingerprint density at radius 3 is 3.08 bits per heavy atom. The summed E-state index contributed by atoms with van der Waals surface area (Å²) in [5, 5.41) is 0. The molecule has 13 heavy (non-hydrogen) atoms. The lowest BCUT2D eigenvalue weighted by Gasteiger charge is -1.96. The van der Waals surface area contributed by atoms with E-state index in [1.807, 2.05) is 22.7 Å². The molecular formula is C9H6N4. The molecule has 0 N–H and O–H groups in total. The van der Waals surface area contributed by atoms with Gasteiger partial charge in [0.1, 0.15) is 11.8 Å². The topological polar surface area (TPSA) is 43.1 Å². The highest BCUT2D eigenvalue weighted by molar-refractivity contribution is 5.86. The molecule has 0 fully saturated rings. The first-order valence-electron chi connectivity index (χ1n) is 3.97. The van der Waals surface area contributed by atoms with Crippen molar-refractivity contribution in [3.05, 3.63) is 37.1 Å². The van der Waals surface area contributed by atoms with Crippen molar-refractivity contribution in [3.8, 4) is 0 Å². The van der Waals surface area contributed by atoms with E-state index in [9.17, 15) is 0 Å². The molecule has 0 bridgehead atoms. The van der Waals surface area contributed by atoms with Crippen LogP contribution in [0, 0.1) is 0 Å². The summed E-state index contributed by atoms with van der Waals surface area (Å²) >= 11 is 0. The van der Waals surface area contributed by atoms with Crippen molar-refractivity contribution in [1.82, 2.24) is 19.4 Å². The van der Waals surface area contributed by atoms with Crippen LogP contribution >= 0.6 is 0 Å². The van der Waals surface area contributed by atoms with E-state index in [0.29, 0.717) is 0 Å². The van der Waals surface area contributed by atoms with Gasteiger partial charge in [-0.15, -0.1) is 0 Å². The summed E-state index contributed by atoms with van der Waals surface area (Å²) in [6, 6.07) is 3.80. The minimum atomic E-state index is 0.843. The largest absolute Gasteiger partial charge is 0.289 e. The molecule has 4 heteroatoms. The Morgan fingerprint density at radius 2 is 2.08 bits per heavy atom. The fourth-order valence-corrected chi connectivity index (χ4v) is 1.39. The van der Waals surface area contributed by atoms with Crippen LogP contribution in [-0.4, -0.2) is 19.4 Å². The maximum Gasteiger partial charge on any atom is 0.166 e. The molecule has 4 nitrogen and oxygen atoms in total. The summed E-state index contributed by atoms with van der Waals surface area (Å²) in [5.74, 6) is 0. The summed E-state index contributed by atoms with van der Waals surface area (Å²) in [7, 11) is 0. The summed E-state index contributed by atoms with van der Waals surface area (Å²) in [6.07, 6.45) is 7.09. The Morgan fingerprint density at radius 1 is 1.08 bits per heavy atom. The van der Waals surface area contributed by atoms with Crippen LogP contribution in [0.4, 0.5) is 0 Å². The molecule has 3 heterocycles. The van der Waals surface area contributed by atoms with Gasteiger partial charge in [0.15, 0.2) is 5.65 Å². The van der Waals surface area contributed by atoms with Crippen LogP contribution in [0.3, 0.4) is 0 Å². The summed E-state index contributed by atoms with van der Waals surface area (Å²) in [6.45, 7) is 0. The first-order chi connectivity index (χ1) is 6.45. The molecule has 0 aliphatic rings. The van der Waals surface area contributed by atoms with E-state index in [4.69, 9.17) is 0 Å².